The Morgan fingerprint density at radius 2 is 1.04 bits per heavy atom. The third-order valence-corrected chi connectivity index (χ3v) is 11.1. The number of aliphatic hydroxyl groups excluding tert-OH is 1. The van der Waals surface area contributed by atoms with Crippen LogP contribution in [-0.2, 0) is 18.4 Å². The molecule has 0 aliphatic heterocycles. The molecule has 2 N–H and O–H groups in total. The zero-order chi connectivity index (χ0) is 40.0. The van der Waals surface area contributed by atoms with E-state index in [0.717, 1.165) is 38.5 Å². The van der Waals surface area contributed by atoms with Crippen molar-refractivity contribution in [1.29, 1.82) is 0 Å². The van der Waals surface area contributed by atoms with E-state index in [9.17, 15) is 19.4 Å². The van der Waals surface area contributed by atoms with Gasteiger partial charge in [-0.15, -0.1) is 0 Å². The van der Waals surface area contributed by atoms with Crippen LogP contribution in [0.4, 0.5) is 0 Å². The van der Waals surface area contributed by atoms with Gasteiger partial charge < -0.3 is 28.8 Å². The number of likely N-dealkylation sites (N-methyl/N-ethyl adjacent to an activating group) is 1. The number of allylic oxidation sites excluding steroid dienone is 3. The van der Waals surface area contributed by atoms with E-state index in [0.29, 0.717) is 17.4 Å². The molecule has 0 aliphatic rings. The maximum atomic E-state index is 12.8. The van der Waals surface area contributed by atoms with Crippen LogP contribution in [0.1, 0.15) is 206 Å². The Morgan fingerprint density at radius 3 is 1.50 bits per heavy atom. The van der Waals surface area contributed by atoms with E-state index < -0.39 is 20.0 Å². The Hall–Kier alpha value is -1.02. The number of phosphoric acid groups is 1. The Bertz CT molecular complexity index is 938. The van der Waals surface area contributed by atoms with Crippen LogP contribution in [-0.4, -0.2) is 68.5 Å². The predicted molar refractivity (Wildman–Crippen MR) is 228 cm³/mol. The predicted octanol–water partition coefficient (Wildman–Crippen LogP) is 11.9. The van der Waals surface area contributed by atoms with Crippen LogP contribution in [0, 0.1) is 0 Å². The number of phosphoric ester groups is 1. The minimum atomic E-state index is -4.59. The summed E-state index contributed by atoms with van der Waals surface area (Å²) in [6.07, 6.45) is 43.6. The van der Waals surface area contributed by atoms with Crippen molar-refractivity contribution in [2.45, 2.75) is 219 Å². The summed E-state index contributed by atoms with van der Waals surface area (Å²) < 4.78 is 23.2. The molecule has 0 saturated carbocycles. The summed E-state index contributed by atoms with van der Waals surface area (Å²) in [5.41, 5.74) is 0. The van der Waals surface area contributed by atoms with E-state index in [1.165, 1.54) is 148 Å². The highest BCUT2D eigenvalue weighted by Gasteiger charge is 2.23. The average molecular weight is 785 g/mol. The number of hydrogen-bond acceptors (Lipinski definition) is 6. The lowest BCUT2D eigenvalue weighted by Crippen LogP contribution is -2.45. The summed E-state index contributed by atoms with van der Waals surface area (Å²) in [6, 6.07) is -0.897. The molecule has 0 radical (unpaired) electrons. The highest BCUT2D eigenvalue weighted by molar-refractivity contribution is 7.45. The molecule has 0 aliphatic carbocycles. The second-order valence-corrected chi connectivity index (χ2v) is 18.2. The Labute approximate surface area is 334 Å². The number of aliphatic hydroxyl groups is 1. The summed E-state index contributed by atoms with van der Waals surface area (Å²) in [7, 11) is 1.25. The van der Waals surface area contributed by atoms with E-state index in [2.05, 4.69) is 31.3 Å². The molecule has 1 unspecified atom stereocenters. The molecule has 9 heteroatoms. The number of carbonyl (C=O) groups excluding carboxylic acids is 1. The molecule has 3 atom stereocenters. The molecular formula is C45H89N2O6P. The first kappa shape index (κ1) is 53.0. The molecule has 0 aromatic carbocycles. The van der Waals surface area contributed by atoms with E-state index in [4.69, 9.17) is 9.05 Å². The fourth-order valence-electron chi connectivity index (χ4n) is 6.52. The topological polar surface area (TPSA) is 108 Å². The van der Waals surface area contributed by atoms with Crippen LogP contribution in [0.3, 0.4) is 0 Å². The zero-order valence-corrected chi connectivity index (χ0v) is 37.1. The van der Waals surface area contributed by atoms with Gasteiger partial charge in [-0.05, 0) is 32.1 Å². The van der Waals surface area contributed by atoms with Crippen LogP contribution in [0.15, 0.2) is 24.3 Å². The minimum Gasteiger partial charge on any atom is -0.756 e. The molecular weight excluding hydrogens is 695 g/mol. The van der Waals surface area contributed by atoms with Gasteiger partial charge in [0.15, 0.2) is 0 Å². The molecule has 0 bridgehead atoms. The second kappa shape index (κ2) is 37.6. The summed E-state index contributed by atoms with van der Waals surface area (Å²) in [5.74, 6) is -0.206. The third kappa shape index (κ3) is 39.2. The molecule has 0 aromatic heterocycles. The lowest BCUT2D eigenvalue weighted by molar-refractivity contribution is -0.870. The lowest BCUT2D eigenvalue weighted by Gasteiger charge is -2.29. The number of unbranched alkanes of at least 4 members (excludes halogenated alkanes) is 26. The van der Waals surface area contributed by atoms with Crippen molar-refractivity contribution >= 4 is 13.7 Å². The summed E-state index contributed by atoms with van der Waals surface area (Å²) in [6.45, 7) is 4.63. The first-order chi connectivity index (χ1) is 26.0. The van der Waals surface area contributed by atoms with Gasteiger partial charge >= 0.3 is 0 Å². The zero-order valence-electron chi connectivity index (χ0n) is 36.2. The van der Waals surface area contributed by atoms with Gasteiger partial charge in [0.1, 0.15) is 13.2 Å². The monoisotopic (exact) mass is 785 g/mol. The molecule has 0 fully saturated rings. The van der Waals surface area contributed by atoms with Gasteiger partial charge in [-0.3, -0.25) is 9.36 Å². The van der Waals surface area contributed by atoms with Crippen LogP contribution in [0.5, 0.6) is 0 Å². The van der Waals surface area contributed by atoms with Gasteiger partial charge in [0.2, 0.25) is 5.91 Å². The number of nitrogens with one attached hydrogen (secondary N) is 1. The molecule has 0 spiro atoms. The molecule has 1 amide bonds. The van der Waals surface area contributed by atoms with E-state index in [1.54, 1.807) is 6.08 Å². The van der Waals surface area contributed by atoms with Crippen molar-refractivity contribution in [3.63, 3.8) is 0 Å². The number of carbonyl (C=O) groups is 1. The SMILES string of the molecule is CCCCCCCCCCCC/C=C/CC/C=C/[C@@H](O)[C@H](COP(=O)([O-])OCC[N+](C)(C)C)NC(=O)CCCCCCCCCCCCCCCCCC. The lowest BCUT2D eigenvalue weighted by atomic mass is 10.0. The van der Waals surface area contributed by atoms with Crippen molar-refractivity contribution in [3.05, 3.63) is 24.3 Å². The molecule has 0 aromatic rings. The van der Waals surface area contributed by atoms with E-state index in [-0.39, 0.29) is 19.1 Å². The standard InChI is InChI=1S/C45H89N2O6P/c1-6-8-10-12-14-16-18-20-22-24-26-28-30-32-34-36-38-44(48)43(42-53-54(50,51)52-41-40-47(3,4)5)46-45(49)39-37-35-33-31-29-27-25-23-21-19-17-15-13-11-9-7-2/h28,30,36,38,43-44,48H,6-27,29,31-35,37,39-42H2,1-5H3,(H-,46,49,50,51)/b30-28+,38-36+/t43-,44+/m0/s1. The molecule has 320 valence electrons. The maximum absolute atomic E-state index is 12.8. The first-order valence-corrected chi connectivity index (χ1v) is 24.2. The fourth-order valence-corrected chi connectivity index (χ4v) is 7.24. The molecule has 0 rings (SSSR count). The van der Waals surface area contributed by atoms with E-state index >= 15 is 0 Å². The second-order valence-electron chi connectivity index (χ2n) is 16.8. The summed E-state index contributed by atoms with van der Waals surface area (Å²) >= 11 is 0. The quantitative estimate of drug-likeness (QED) is 0.0277. The normalized spacial score (nSPS) is 14.6. The van der Waals surface area contributed by atoms with Crippen LogP contribution in [0.25, 0.3) is 0 Å². The van der Waals surface area contributed by atoms with Crippen molar-refractivity contribution < 1.29 is 32.9 Å². The highest BCUT2D eigenvalue weighted by Crippen LogP contribution is 2.38. The van der Waals surface area contributed by atoms with Crippen LogP contribution >= 0.6 is 7.82 Å². The van der Waals surface area contributed by atoms with Crippen molar-refractivity contribution in [1.82, 2.24) is 5.32 Å². The Morgan fingerprint density at radius 1 is 0.630 bits per heavy atom. The van der Waals surface area contributed by atoms with Crippen molar-refractivity contribution in [2.24, 2.45) is 0 Å². The van der Waals surface area contributed by atoms with Gasteiger partial charge in [0.25, 0.3) is 7.82 Å². The van der Waals surface area contributed by atoms with Gasteiger partial charge in [0.05, 0.1) is 39.9 Å². The van der Waals surface area contributed by atoms with Crippen LogP contribution in [0.2, 0.25) is 0 Å². The molecule has 8 nitrogen and oxygen atoms in total. The van der Waals surface area contributed by atoms with E-state index in [1.807, 2.05) is 27.2 Å². The summed E-state index contributed by atoms with van der Waals surface area (Å²) in [5, 5.41) is 13.8. The van der Waals surface area contributed by atoms with Gasteiger partial charge in [0, 0.05) is 6.42 Å². The van der Waals surface area contributed by atoms with Gasteiger partial charge in [-0.25, -0.2) is 0 Å². The molecule has 0 heterocycles. The highest BCUT2D eigenvalue weighted by atomic mass is 31.2. The van der Waals surface area contributed by atoms with Crippen LogP contribution < -0.4 is 10.2 Å². The van der Waals surface area contributed by atoms with Crippen molar-refractivity contribution in [2.75, 3.05) is 40.9 Å². The minimum absolute atomic E-state index is 0.00424. The largest absolute Gasteiger partial charge is 0.756 e. The smallest absolute Gasteiger partial charge is 0.268 e. The number of hydrogen-bond donors (Lipinski definition) is 2. The first-order valence-electron chi connectivity index (χ1n) is 22.7. The Kier molecular flexibility index (Phi) is 36.8. The number of amides is 1. The molecule has 54 heavy (non-hydrogen) atoms. The summed E-state index contributed by atoms with van der Waals surface area (Å²) in [4.78, 5) is 25.3. The number of nitrogens with zero attached hydrogens (tertiary/aromatic N) is 1. The van der Waals surface area contributed by atoms with Gasteiger partial charge in [-0.1, -0.05) is 192 Å². The third-order valence-electron chi connectivity index (χ3n) is 10.2. The average Bonchev–Trinajstić information content (AvgIpc) is 3.12. The number of rotatable bonds is 41. The van der Waals surface area contributed by atoms with Gasteiger partial charge in [-0.2, -0.15) is 0 Å². The maximum Gasteiger partial charge on any atom is 0.268 e. The van der Waals surface area contributed by atoms with Crippen molar-refractivity contribution in [3.8, 4) is 0 Å². The Balaban J connectivity index is 4.44. The number of quaternary nitrogens is 1. The molecule has 0 saturated heterocycles. The fraction of sp³-hybridized carbons (Fsp3) is 0.889.